The molecule has 1 N–H and O–H groups in total. The Kier molecular flexibility index (Phi) is 4.15. The number of anilines is 1. The van der Waals surface area contributed by atoms with E-state index in [1.165, 1.54) is 0 Å². The van der Waals surface area contributed by atoms with Crippen LogP contribution in [0.2, 0.25) is 0 Å². The fourth-order valence-corrected chi connectivity index (χ4v) is 2.62. The van der Waals surface area contributed by atoms with Gasteiger partial charge in [-0.1, -0.05) is 30.4 Å². The van der Waals surface area contributed by atoms with Crippen molar-refractivity contribution in [2.24, 2.45) is 5.92 Å². The summed E-state index contributed by atoms with van der Waals surface area (Å²) in [5.74, 6) is 0.208. The standard InChI is InChI=1S/C17H19N3O/c21-17(14-7-2-1-3-8-14)19-16-10-5-4-9-15(16)13-20-12-6-11-18-20/h1-2,4-6,9-12,14H,3,7-8,13H2,(H,19,21). The van der Waals surface area contributed by atoms with Gasteiger partial charge >= 0.3 is 0 Å². The molecule has 21 heavy (non-hydrogen) atoms. The lowest BCUT2D eigenvalue weighted by Crippen LogP contribution is -2.24. The van der Waals surface area contributed by atoms with Crippen molar-refractivity contribution in [2.45, 2.75) is 25.8 Å². The van der Waals surface area contributed by atoms with Gasteiger partial charge in [0, 0.05) is 24.0 Å². The molecule has 0 spiro atoms. The number of rotatable bonds is 4. The van der Waals surface area contributed by atoms with Crippen LogP contribution in [0.4, 0.5) is 5.69 Å². The van der Waals surface area contributed by atoms with Gasteiger partial charge in [-0.25, -0.2) is 0 Å². The Morgan fingerprint density at radius 1 is 1.29 bits per heavy atom. The zero-order chi connectivity index (χ0) is 14.5. The SMILES string of the molecule is O=C(Nc1ccccc1Cn1cccn1)C1CC=CCC1. The van der Waals surface area contributed by atoms with E-state index in [0.29, 0.717) is 6.54 Å². The molecular weight excluding hydrogens is 262 g/mol. The summed E-state index contributed by atoms with van der Waals surface area (Å²) in [6.07, 6.45) is 10.7. The number of hydrogen-bond acceptors (Lipinski definition) is 2. The average molecular weight is 281 g/mol. The highest BCUT2D eigenvalue weighted by Crippen LogP contribution is 2.22. The van der Waals surface area contributed by atoms with E-state index in [0.717, 1.165) is 30.5 Å². The van der Waals surface area contributed by atoms with Crippen molar-refractivity contribution in [2.75, 3.05) is 5.32 Å². The Balaban J connectivity index is 1.72. The van der Waals surface area contributed by atoms with Crippen LogP contribution in [0.3, 0.4) is 0 Å². The topological polar surface area (TPSA) is 46.9 Å². The fraction of sp³-hybridized carbons (Fsp3) is 0.294. The van der Waals surface area contributed by atoms with Crippen LogP contribution in [0.5, 0.6) is 0 Å². The van der Waals surface area contributed by atoms with Gasteiger partial charge in [0.15, 0.2) is 0 Å². The van der Waals surface area contributed by atoms with Gasteiger partial charge in [0.2, 0.25) is 5.91 Å². The highest BCUT2D eigenvalue weighted by molar-refractivity contribution is 5.93. The first-order valence-electron chi connectivity index (χ1n) is 7.34. The van der Waals surface area contributed by atoms with E-state index in [4.69, 9.17) is 0 Å². The highest BCUT2D eigenvalue weighted by Gasteiger charge is 2.19. The minimum atomic E-state index is 0.0905. The molecule has 1 aliphatic carbocycles. The van der Waals surface area contributed by atoms with Crippen molar-refractivity contribution in [3.63, 3.8) is 0 Å². The summed E-state index contributed by atoms with van der Waals surface area (Å²) >= 11 is 0. The Bertz CT molecular complexity index is 631. The number of nitrogens with one attached hydrogen (secondary N) is 1. The normalized spacial score (nSPS) is 17.6. The Morgan fingerprint density at radius 3 is 2.95 bits per heavy atom. The molecule has 2 aromatic rings. The molecule has 0 radical (unpaired) electrons. The highest BCUT2D eigenvalue weighted by atomic mass is 16.1. The predicted molar refractivity (Wildman–Crippen MR) is 82.9 cm³/mol. The van der Waals surface area contributed by atoms with Gasteiger partial charge in [-0.2, -0.15) is 5.10 Å². The van der Waals surface area contributed by atoms with E-state index in [1.54, 1.807) is 6.20 Å². The molecule has 0 saturated carbocycles. The van der Waals surface area contributed by atoms with Gasteiger partial charge in [-0.3, -0.25) is 9.48 Å². The summed E-state index contributed by atoms with van der Waals surface area (Å²) in [5.41, 5.74) is 1.95. The second-order valence-electron chi connectivity index (χ2n) is 5.33. The number of carbonyl (C=O) groups is 1. The second-order valence-corrected chi connectivity index (χ2v) is 5.33. The van der Waals surface area contributed by atoms with E-state index < -0.39 is 0 Å². The van der Waals surface area contributed by atoms with E-state index in [2.05, 4.69) is 22.6 Å². The van der Waals surface area contributed by atoms with Gasteiger partial charge < -0.3 is 5.32 Å². The third kappa shape index (κ3) is 3.40. The molecule has 0 saturated heterocycles. The molecule has 0 bridgehead atoms. The van der Waals surface area contributed by atoms with Crippen LogP contribution in [0.25, 0.3) is 0 Å². The number of amides is 1. The fourth-order valence-electron chi connectivity index (χ4n) is 2.62. The van der Waals surface area contributed by atoms with Crippen molar-refractivity contribution in [3.8, 4) is 0 Å². The zero-order valence-electron chi connectivity index (χ0n) is 11.9. The van der Waals surface area contributed by atoms with Crippen LogP contribution >= 0.6 is 0 Å². The van der Waals surface area contributed by atoms with Crippen LogP contribution in [-0.4, -0.2) is 15.7 Å². The molecule has 1 aromatic carbocycles. The van der Waals surface area contributed by atoms with Crippen LogP contribution in [0.15, 0.2) is 54.9 Å². The van der Waals surface area contributed by atoms with Crippen molar-refractivity contribution >= 4 is 11.6 Å². The van der Waals surface area contributed by atoms with E-state index in [1.807, 2.05) is 41.2 Å². The molecular formula is C17H19N3O. The first kappa shape index (κ1) is 13.6. The van der Waals surface area contributed by atoms with Gasteiger partial charge in [-0.15, -0.1) is 0 Å². The molecule has 1 atom stereocenters. The predicted octanol–water partition coefficient (Wildman–Crippen LogP) is 3.23. The van der Waals surface area contributed by atoms with Crippen molar-refractivity contribution in [1.29, 1.82) is 0 Å². The summed E-state index contributed by atoms with van der Waals surface area (Å²) in [4.78, 5) is 12.4. The largest absolute Gasteiger partial charge is 0.326 e. The Hall–Kier alpha value is -2.36. The lowest BCUT2D eigenvalue weighted by Gasteiger charge is -2.18. The number of para-hydroxylation sites is 1. The molecule has 1 aromatic heterocycles. The smallest absolute Gasteiger partial charge is 0.227 e. The number of benzene rings is 1. The quantitative estimate of drug-likeness (QED) is 0.875. The molecule has 4 nitrogen and oxygen atoms in total. The molecule has 3 rings (SSSR count). The molecule has 1 aliphatic rings. The Morgan fingerprint density at radius 2 is 2.19 bits per heavy atom. The third-order valence-corrected chi connectivity index (χ3v) is 3.81. The summed E-state index contributed by atoms with van der Waals surface area (Å²) in [5, 5.41) is 7.30. The van der Waals surface area contributed by atoms with Crippen LogP contribution in [0.1, 0.15) is 24.8 Å². The number of carbonyl (C=O) groups excluding carboxylic acids is 1. The van der Waals surface area contributed by atoms with Crippen LogP contribution in [0, 0.1) is 5.92 Å². The monoisotopic (exact) mass is 281 g/mol. The maximum Gasteiger partial charge on any atom is 0.227 e. The summed E-state index contributed by atoms with van der Waals surface area (Å²) < 4.78 is 1.86. The summed E-state index contributed by atoms with van der Waals surface area (Å²) in [6, 6.07) is 9.81. The molecule has 0 fully saturated rings. The van der Waals surface area contributed by atoms with Crippen molar-refractivity contribution in [1.82, 2.24) is 9.78 Å². The number of hydrogen-bond donors (Lipinski definition) is 1. The molecule has 0 aliphatic heterocycles. The lowest BCUT2D eigenvalue weighted by atomic mass is 9.93. The van der Waals surface area contributed by atoms with Gasteiger partial charge in [0.25, 0.3) is 0 Å². The molecule has 108 valence electrons. The molecule has 1 heterocycles. The minimum absolute atomic E-state index is 0.0905. The number of aromatic nitrogens is 2. The van der Waals surface area contributed by atoms with Gasteiger partial charge in [0.1, 0.15) is 0 Å². The maximum absolute atomic E-state index is 12.4. The van der Waals surface area contributed by atoms with Crippen LogP contribution in [-0.2, 0) is 11.3 Å². The minimum Gasteiger partial charge on any atom is -0.326 e. The number of allylic oxidation sites excluding steroid dienone is 2. The lowest BCUT2D eigenvalue weighted by molar-refractivity contribution is -0.120. The number of nitrogens with zero attached hydrogens (tertiary/aromatic N) is 2. The summed E-state index contributed by atoms with van der Waals surface area (Å²) in [6.45, 7) is 0.661. The van der Waals surface area contributed by atoms with Crippen molar-refractivity contribution < 1.29 is 4.79 Å². The molecule has 1 unspecified atom stereocenters. The second kappa shape index (κ2) is 6.39. The van der Waals surface area contributed by atoms with Crippen molar-refractivity contribution in [3.05, 3.63) is 60.4 Å². The zero-order valence-corrected chi connectivity index (χ0v) is 11.9. The van der Waals surface area contributed by atoms with E-state index in [9.17, 15) is 4.79 Å². The first-order valence-corrected chi connectivity index (χ1v) is 7.34. The van der Waals surface area contributed by atoms with Gasteiger partial charge in [0.05, 0.1) is 6.54 Å². The Labute approximate surface area is 124 Å². The van der Waals surface area contributed by atoms with E-state index in [-0.39, 0.29) is 11.8 Å². The molecule has 4 heteroatoms. The molecule has 1 amide bonds. The van der Waals surface area contributed by atoms with Crippen LogP contribution < -0.4 is 5.32 Å². The van der Waals surface area contributed by atoms with Gasteiger partial charge in [-0.05, 0) is 37.0 Å². The third-order valence-electron chi connectivity index (χ3n) is 3.81. The first-order chi connectivity index (χ1) is 10.3. The van der Waals surface area contributed by atoms with E-state index >= 15 is 0 Å². The summed E-state index contributed by atoms with van der Waals surface area (Å²) in [7, 11) is 0. The maximum atomic E-state index is 12.4. The average Bonchev–Trinajstić information content (AvgIpc) is 3.03.